The van der Waals surface area contributed by atoms with E-state index in [4.69, 9.17) is 23.1 Å². The molecule has 2 aliphatic rings. The Labute approximate surface area is 366 Å². The van der Waals surface area contributed by atoms with Crippen molar-refractivity contribution >= 4 is 40.4 Å². The number of nitrogens with zero attached hydrogens (tertiary/aromatic N) is 1. The molecule has 0 aliphatic carbocycles. The number of hydrogen-bond acceptors (Lipinski definition) is 13. The smallest absolute Gasteiger partial charge is 0.337 e. The van der Waals surface area contributed by atoms with Crippen LogP contribution in [0, 0.1) is 23.7 Å². The molecule has 350 valence electrons. The summed E-state index contributed by atoms with van der Waals surface area (Å²) in [5.41, 5.74) is -5.91. The van der Waals surface area contributed by atoms with Crippen LogP contribution in [0.3, 0.4) is 0 Å². The lowest BCUT2D eigenvalue weighted by molar-refractivity contribution is -0.189. The number of carbonyl (C=O) groups excluding carboxylic acids is 4. The second kappa shape index (κ2) is 20.7. The second-order valence-corrected chi connectivity index (χ2v) is 28.5. The number of methoxy groups -OCH3 is 3. The van der Waals surface area contributed by atoms with Gasteiger partial charge in [0.2, 0.25) is 11.8 Å². The van der Waals surface area contributed by atoms with Gasteiger partial charge in [0, 0.05) is 19.8 Å². The highest BCUT2D eigenvalue weighted by Crippen LogP contribution is 2.52. The van der Waals surface area contributed by atoms with E-state index in [0.29, 0.717) is 5.75 Å². The van der Waals surface area contributed by atoms with Crippen LogP contribution in [0.4, 0.5) is 0 Å². The monoisotopic (exact) mass is 899 g/mol. The quantitative estimate of drug-likeness (QED) is 0.0936. The summed E-state index contributed by atoms with van der Waals surface area (Å²) >= 11 is 0. The molecule has 0 radical (unpaired) electrons. The molecular weight excluding hydrogens is 821 g/mol. The van der Waals surface area contributed by atoms with E-state index in [1.807, 2.05) is 39.8 Å². The maximum absolute atomic E-state index is 13.9. The highest BCUT2D eigenvalue weighted by atomic mass is 28.4. The Morgan fingerprint density at radius 3 is 1.56 bits per heavy atom. The molecule has 2 amide bonds. The minimum Gasteiger partial charge on any atom is -0.497 e. The van der Waals surface area contributed by atoms with Gasteiger partial charge in [0.25, 0.3) is 0 Å². The van der Waals surface area contributed by atoms with Crippen molar-refractivity contribution in [2.75, 3.05) is 34.5 Å². The molecule has 0 saturated carbocycles. The average molecular weight is 899 g/mol. The first-order valence-corrected chi connectivity index (χ1v) is 27.4. The van der Waals surface area contributed by atoms with Crippen LogP contribution in [-0.2, 0) is 44.0 Å². The third-order valence-electron chi connectivity index (χ3n) is 13.6. The molecule has 1 aromatic rings. The second-order valence-electron chi connectivity index (χ2n) is 19.3. The molecule has 1 aromatic carbocycles. The third-order valence-corrected chi connectivity index (χ3v) is 20.9. The molecule has 8 atom stereocenters. The van der Waals surface area contributed by atoms with Crippen molar-refractivity contribution < 1.29 is 62.7 Å². The van der Waals surface area contributed by atoms with Crippen LogP contribution in [-0.4, -0.2) is 135 Å². The van der Waals surface area contributed by atoms with Gasteiger partial charge in [-0.1, -0.05) is 67.5 Å². The molecule has 0 unspecified atom stereocenters. The minimum atomic E-state index is -2.36. The van der Waals surface area contributed by atoms with Crippen molar-refractivity contribution in [3.63, 3.8) is 0 Å². The summed E-state index contributed by atoms with van der Waals surface area (Å²) in [7, 11) is -0.521. The summed E-state index contributed by atoms with van der Waals surface area (Å²) in [6, 6.07) is 7.20. The summed E-state index contributed by atoms with van der Waals surface area (Å²) < 4.78 is 28.8. The van der Waals surface area contributed by atoms with E-state index < -0.39 is 86.7 Å². The van der Waals surface area contributed by atoms with Crippen molar-refractivity contribution in [1.29, 1.82) is 0 Å². The molecule has 61 heavy (non-hydrogen) atoms. The molecule has 2 fully saturated rings. The number of rotatable bonds is 19. The molecule has 2 aliphatic heterocycles. The molecule has 5 N–H and O–H groups in total. The van der Waals surface area contributed by atoms with Gasteiger partial charge in [-0.3, -0.25) is 9.59 Å². The van der Waals surface area contributed by atoms with E-state index in [-0.39, 0.29) is 55.5 Å². The van der Waals surface area contributed by atoms with E-state index in [1.165, 1.54) is 33.0 Å². The Morgan fingerprint density at radius 2 is 1.16 bits per heavy atom. The number of likely N-dealkylation sites (tertiary alicyclic amines) is 1. The Balaban J connectivity index is 0.000000440. The predicted octanol–water partition coefficient (Wildman–Crippen LogP) is 4.79. The number of aliphatic hydroxyl groups excluding tert-OH is 2. The zero-order valence-corrected chi connectivity index (χ0v) is 41.9. The summed E-state index contributed by atoms with van der Waals surface area (Å²) in [5.74, 6) is -4.01. The van der Waals surface area contributed by atoms with Crippen LogP contribution in [0.5, 0.6) is 5.75 Å². The normalized spacial score (nSPS) is 27.9. The molecule has 3 rings (SSSR count). The fraction of sp³-hybridized carbons (Fsp3) is 0.773. The number of aliphatic hydroxyl groups is 4. The fourth-order valence-electron chi connectivity index (χ4n) is 8.55. The van der Waals surface area contributed by atoms with Crippen LogP contribution in [0.1, 0.15) is 87.6 Å². The number of benzene rings is 1. The first-order valence-electron chi connectivity index (χ1n) is 21.5. The molecule has 2 heterocycles. The molecule has 15 nitrogen and oxygen atoms in total. The summed E-state index contributed by atoms with van der Waals surface area (Å²) in [6.45, 7) is 26.6. The van der Waals surface area contributed by atoms with Gasteiger partial charge in [0.05, 0.1) is 45.4 Å². The fourth-order valence-corrected chi connectivity index (χ4v) is 11.3. The van der Waals surface area contributed by atoms with Gasteiger partial charge in [-0.2, -0.15) is 0 Å². The van der Waals surface area contributed by atoms with E-state index in [0.717, 1.165) is 5.56 Å². The number of ether oxygens (including phenoxy) is 3. The highest BCUT2D eigenvalue weighted by Gasteiger charge is 2.74. The predicted molar refractivity (Wildman–Crippen MR) is 237 cm³/mol. The van der Waals surface area contributed by atoms with Gasteiger partial charge in [0.15, 0.2) is 27.7 Å². The van der Waals surface area contributed by atoms with Gasteiger partial charge < -0.3 is 53.7 Å². The zero-order chi connectivity index (χ0) is 47.3. The van der Waals surface area contributed by atoms with E-state index in [9.17, 15) is 39.6 Å². The van der Waals surface area contributed by atoms with E-state index in [1.54, 1.807) is 19.2 Å². The van der Waals surface area contributed by atoms with Crippen LogP contribution < -0.4 is 10.1 Å². The van der Waals surface area contributed by atoms with Crippen molar-refractivity contribution in [1.82, 2.24) is 10.2 Å². The highest BCUT2D eigenvalue weighted by molar-refractivity contribution is 6.73. The van der Waals surface area contributed by atoms with E-state index >= 15 is 0 Å². The van der Waals surface area contributed by atoms with Crippen molar-refractivity contribution in [3.05, 3.63) is 29.8 Å². The Kier molecular flexibility index (Phi) is 18.4. The number of hydrogen-bond donors (Lipinski definition) is 5. The van der Waals surface area contributed by atoms with Gasteiger partial charge in [-0.25, -0.2) is 9.59 Å². The van der Waals surface area contributed by atoms with Gasteiger partial charge in [0.1, 0.15) is 17.0 Å². The zero-order valence-electron chi connectivity index (χ0n) is 39.9. The molecule has 0 aromatic heterocycles. The molecule has 2 saturated heterocycles. The maximum Gasteiger partial charge on any atom is 0.337 e. The van der Waals surface area contributed by atoms with Crippen molar-refractivity contribution in [3.8, 4) is 5.75 Å². The Hall–Kier alpha value is -2.91. The van der Waals surface area contributed by atoms with Gasteiger partial charge >= 0.3 is 11.9 Å². The maximum atomic E-state index is 13.9. The number of amides is 2. The van der Waals surface area contributed by atoms with Crippen LogP contribution >= 0.6 is 0 Å². The van der Waals surface area contributed by atoms with Crippen molar-refractivity contribution in [2.24, 2.45) is 23.7 Å². The third kappa shape index (κ3) is 10.2. The Morgan fingerprint density at radius 1 is 0.721 bits per heavy atom. The van der Waals surface area contributed by atoms with E-state index in [2.05, 4.69) is 59.2 Å². The lowest BCUT2D eigenvalue weighted by Gasteiger charge is -2.51. The standard InChI is InChI=1S/C26H43NO7Si.C18H35NO6Si/c1-17(2)22(34-35(8,9)18(3)4)26(24(30)33-7)25(5,31)21(14-15-28)23(29)27(26)16-19-10-12-20(32-6)13-11-19;1-11(2)14(25-26(7,8)12(3)4)18(16(22)24-6)17(5,23)13(9-10-20)15(21)19-18/h10-13,17-18,21-22,28,31H,14-16H2,1-9H3;11-14,20,23H,9-10H2,1-8H3,(H,19,21)/t21-,22-,25-,26-;13-,14-,17-,18-/m00/s1. The number of nitrogens with one attached hydrogen (secondary N) is 1. The SMILES string of the molecule is COC(=O)[C@]1([C@@H](O[Si](C)(C)C(C)C)C(C)C)N(Cc2ccc(OC)cc2)C(=O)[C@H](CCO)[C@]1(C)O.COC(=O)[C@]1([C@@H](O[Si](C)(C)C(C)C)C(C)C)NC(=O)[C@H](CCO)[C@]1(C)O. The van der Waals surface area contributed by atoms with Gasteiger partial charge in [-0.05, 0) is 93.5 Å². The largest absolute Gasteiger partial charge is 0.497 e. The molecular formula is C44H78N2O13Si2. The van der Waals surface area contributed by atoms with Gasteiger partial charge in [-0.15, -0.1) is 0 Å². The minimum absolute atomic E-state index is 0.0134. The lowest BCUT2D eigenvalue weighted by Crippen LogP contribution is -2.72. The van der Waals surface area contributed by atoms with Crippen LogP contribution in [0.15, 0.2) is 24.3 Å². The number of esters is 2. The number of carbonyl (C=O) groups is 4. The molecule has 0 spiro atoms. The van der Waals surface area contributed by atoms with Crippen LogP contribution in [0.2, 0.25) is 37.3 Å². The summed E-state index contributed by atoms with van der Waals surface area (Å²) in [4.78, 5) is 54.7. The molecule has 17 heteroatoms. The average Bonchev–Trinajstić information content (AvgIpc) is 3.47. The first kappa shape index (κ1) is 54.2. The van der Waals surface area contributed by atoms with Crippen molar-refractivity contribution in [2.45, 2.75) is 160 Å². The summed E-state index contributed by atoms with van der Waals surface area (Å²) in [5, 5.41) is 45.2. The first-order chi connectivity index (χ1) is 28.0. The topological polar surface area (TPSA) is 211 Å². The molecule has 0 bridgehead atoms. The lowest BCUT2D eigenvalue weighted by atomic mass is 9.69. The summed E-state index contributed by atoms with van der Waals surface area (Å²) in [6.07, 6.45) is -1.53. The van der Waals surface area contributed by atoms with Crippen LogP contribution in [0.25, 0.3) is 0 Å². The Bertz CT molecular complexity index is 1650.